The van der Waals surface area contributed by atoms with E-state index >= 15 is 0 Å². The Labute approximate surface area is 77.8 Å². The quantitative estimate of drug-likeness (QED) is 0.696. The number of hydrogen-bond acceptors (Lipinski definition) is 3. The summed E-state index contributed by atoms with van der Waals surface area (Å²) in [6, 6.07) is 3.62. The van der Waals surface area contributed by atoms with E-state index in [-0.39, 0.29) is 0 Å². The van der Waals surface area contributed by atoms with Gasteiger partial charge in [0.05, 0.1) is 5.52 Å². The zero-order valence-electron chi connectivity index (χ0n) is 6.16. The van der Waals surface area contributed by atoms with E-state index in [9.17, 15) is 0 Å². The molecule has 0 radical (unpaired) electrons. The Bertz CT molecular complexity index is 428. The van der Waals surface area contributed by atoms with E-state index in [1.54, 1.807) is 18.5 Å². The van der Waals surface area contributed by atoms with Crippen LogP contribution in [0.4, 0.5) is 5.69 Å². The van der Waals surface area contributed by atoms with Crippen molar-refractivity contribution in [1.82, 2.24) is 9.97 Å². The van der Waals surface area contributed by atoms with Crippen LogP contribution in [0.5, 0.6) is 0 Å². The van der Waals surface area contributed by atoms with Gasteiger partial charge in [-0.05, 0) is 28.1 Å². The summed E-state index contributed by atoms with van der Waals surface area (Å²) in [6.45, 7) is 0. The van der Waals surface area contributed by atoms with Crippen molar-refractivity contribution < 1.29 is 0 Å². The first kappa shape index (κ1) is 7.49. The van der Waals surface area contributed by atoms with Crippen LogP contribution in [-0.4, -0.2) is 9.97 Å². The van der Waals surface area contributed by atoms with Gasteiger partial charge in [0.25, 0.3) is 0 Å². The third-order valence-corrected chi connectivity index (χ3v) is 2.15. The van der Waals surface area contributed by atoms with E-state index in [4.69, 9.17) is 5.73 Å². The van der Waals surface area contributed by atoms with Gasteiger partial charge < -0.3 is 5.73 Å². The van der Waals surface area contributed by atoms with Crippen LogP contribution in [-0.2, 0) is 0 Å². The number of nitrogens with two attached hydrogens (primary N) is 1. The molecule has 0 aliphatic heterocycles. The minimum atomic E-state index is 0.690. The Morgan fingerprint density at radius 3 is 2.75 bits per heavy atom. The lowest BCUT2D eigenvalue weighted by Crippen LogP contribution is -1.88. The molecule has 0 bridgehead atoms. The summed E-state index contributed by atoms with van der Waals surface area (Å²) < 4.78 is 0.880. The first-order chi connectivity index (χ1) is 5.77. The summed E-state index contributed by atoms with van der Waals surface area (Å²) in [5, 5.41) is 0. The fourth-order valence-corrected chi connectivity index (χ4v) is 1.62. The van der Waals surface area contributed by atoms with Crippen molar-refractivity contribution in [3.8, 4) is 0 Å². The number of rotatable bonds is 0. The standard InChI is InChI=1S/C8H6BrN3/c9-6-3-5(10)4-7-8(6)12-2-1-11-7/h1-4H,10H2. The molecule has 2 rings (SSSR count). The van der Waals surface area contributed by atoms with Gasteiger partial charge in [-0.15, -0.1) is 0 Å². The first-order valence-electron chi connectivity index (χ1n) is 3.43. The zero-order chi connectivity index (χ0) is 8.55. The van der Waals surface area contributed by atoms with Gasteiger partial charge in [0.1, 0.15) is 5.52 Å². The predicted octanol–water partition coefficient (Wildman–Crippen LogP) is 1.97. The average Bonchev–Trinajstić information content (AvgIpc) is 2.04. The molecule has 0 aliphatic rings. The number of benzene rings is 1. The molecular formula is C8H6BrN3. The molecule has 1 aromatic heterocycles. The maximum Gasteiger partial charge on any atom is 0.103 e. The summed E-state index contributed by atoms with van der Waals surface area (Å²) >= 11 is 3.37. The van der Waals surface area contributed by atoms with Crippen LogP contribution in [0.2, 0.25) is 0 Å². The van der Waals surface area contributed by atoms with E-state index in [1.165, 1.54) is 0 Å². The Hall–Kier alpha value is -1.16. The highest BCUT2D eigenvalue weighted by Crippen LogP contribution is 2.23. The second-order valence-electron chi connectivity index (χ2n) is 2.43. The molecule has 0 unspecified atom stereocenters. The molecule has 0 spiro atoms. The molecule has 60 valence electrons. The van der Waals surface area contributed by atoms with Crippen LogP contribution in [0.15, 0.2) is 29.0 Å². The number of fused-ring (bicyclic) bond motifs is 1. The fourth-order valence-electron chi connectivity index (χ4n) is 1.05. The maximum atomic E-state index is 5.63. The summed E-state index contributed by atoms with van der Waals surface area (Å²) in [6.07, 6.45) is 3.30. The van der Waals surface area contributed by atoms with E-state index < -0.39 is 0 Å². The smallest absolute Gasteiger partial charge is 0.103 e. The van der Waals surface area contributed by atoms with Gasteiger partial charge in [-0.25, -0.2) is 0 Å². The van der Waals surface area contributed by atoms with Crippen LogP contribution >= 0.6 is 15.9 Å². The monoisotopic (exact) mass is 223 g/mol. The molecule has 0 saturated heterocycles. The van der Waals surface area contributed by atoms with Crippen molar-refractivity contribution in [2.75, 3.05) is 5.73 Å². The van der Waals surface area contributed by atoms with Crippen molar-refractivity contribution in [2.45, 2.75) is 0 Å². The van der Waals surface area contributed by atoms with Gasteiger partial charge >= 0.3 is 0 Å². The molecule has 12 heavy (non-hydrogen) atoms. The maximum absolute atomic E-state index is 5.63. The molecule has 0 fully saturated rings. The van der Waals surface area contributed by atoms with Gasteiger partial charge in [0.2, 0.25) is 0 Å². The lowest BCUT2D eigenvalue weighted by Gasteiger charge is -1.99. The number of nitrogens with zero attached hydrogens (tertiary/aromatic N) is 2. The van der Waals surface area contributed by atoms with Gasteiger partial charge in [-0.3, -0.25) is 9.97 Å². The second kappa shape index (κ2) is 2.71. The van der Waals surface area contributed by atoms with Crippen molar-refractivity contribution >= 4 is 32.7 Å². The summed E-state index contributed by atoms with van der Waals surface area (Å²) in [5.41, 5.74) is 7.97. The molecule has 0 aliphatic carbocycles. The Kier molecular flexibility index (Phi) is 1.69. The Morgan fingerprint density at radius 2 is 1.92 bits per heavy atom. The molecule has 0 saturated carbocycles. The van der Waals surface area contributed by atoms with Crippen LogP contribution in [0.3, 0.4) is 0 Å². The molecule has 2 aromatic rings. The highest BCUT2D eigenvalue weighted by molar-refractivity contribution is 9.10. The first-order valence-corrected chi connectivity index (χ1v) is 4.22. The van der Waals surface area contributed by atoms with Crippen molar-refractivity contribution in [3.05, 3.63) is 29.0 Å². The molecule has 2 N–H and O–H groups in total. The molecule has 3 nitrogen and oxygen atoms in total. The summed E-state index contributed by atoms with van der Waals surface area (Å²) in [5.74, 6) is 0. The number of aromatic nitrogens is 2. The van der Waals surface area contributed by atoms with Gasteiger partial charge in [0.15, 0.2) is 0 Å². The van der Waals surface area contributed by atoms with Crippen LogP contribution in [0.25, 0.3) is 11.0 Å². The van der Waals surface area contributed by atoms with Crippen LogP contribution < -0.4 is 5.73 Å². The van der Waals surface area contributed by atoms with Crippen LogP contribution in [0, 0.1) is 0 Å². The number of nitrogen functional groups attached to an aromatic ring is 1. The predicted molar refractivity (Wildman–Crippen MR) is 51.7 cm³/mol. The minimum Gasteiger partial charge on any atom is -0.399 e. The van der Waals surface area contributed by atoms with Gasteiger partial charge in [-0.1, -0.05) is 0 Å². The SMILES string of the molecule is Nc1cc(Br)c2nccnc2c1. The lowest BCUT2D eigenvalue weighted by atomic mass is 10.3. The highest BCUT2D eigenvalue weighted by atomic mass is 79.9. The van der Waals surface area contributed by atoms with Crippen molar-refractivity contribution in [2.24, 2.45) is 0 Å². The van der Waals surface area contributed by atoms with E-state index in [0.29, 0.717) is 5.69 Å². The van der Waals surface area contributed by atoms with E-state index in [0.717, 1.165) is 15.5 Å². The van der Waals surface area contributed by atoms with Crippen molar-refractivity contribution in [3.63, 3.8) is 0 Å². The molecular weight excluding hydrogens is 218 g/mol. The van der Waals surface area contributed by atoms with E-state index in [2.05, 4.69) is 25.9 Å². The van der Waals surface area contributed by atoms with Crippen molar-refractivity contribution in [1.29, 1.82) is 0 Å². The Morgan fingerprint density at radius 1 is 1.17 bits per heavy atom. The van der Waals surface area contributed by atoms with Crippen LogP contribution in [0.1, 0.15) is 0 Å². The molecule has 1 heterocycles. The number of halogens is 1. The zero-order valence-corrected chi connectivity index (χ0v) is 7.75. The number of anilines is 1. The average molecular weight is 224 g/mol. The third-order valence-electron chi connectivity index (χ3n) is 1.55. The van der Waals surface area contributed by atoms with E-state index in [1.807, 2.05) is 6.07 Å². The second-order valence-corrected chi connectivity index (χ2v) is 3.28. The summed E-state index contributed by atoms with van der Waals surface area (Å²) in [7, 11) is 0. The summed E-state index contributed by atoms with van der Waals surface area (Å²) in [4.78, 5) is 8.29. The molecule has 4 heteroatoms. The van der Waals surface area contributed by atoms with Gasteiger partial charge in [-0.2, -0.15) is 0 Å². The third kappa shape index (κ3) is 1.14. The number of hydrogen-bond donors (Lipinski definition) is 1. The highest BCUT2D eigenvalue weighted by Gasteiger charge is 2.00. The normalized spacial score (nSPS) is 10.4. The largest absolute Gasteiger partial charge is 0.399 e. The lowest BCUT2D eigenvalue weighted by molar-refractivity contribution is 1.29. The minimum absolute atomic E-state index is 0.690. The Balaban J connectivity index is 2.89. The molecule has 0 amide bonds. The topological polar surface area (TPSA) is 51.8 Å². The molecule has 0 atom stereocenters. The van der Waals surface area contributed by atoms with Gasteiger partial charge in [0, 0.05) is 22.6 Å². The molecule has 1 aromatic carbocycles. The fraction of sp³-hybridized carbons (Fsp3) is 0.